The smallest absolute Gasteiger partial charge is 0.255 e. The minimum absolute atomic E-state index is 0.152. The van der Waals surface area contributed by atoms with Crippen molar-refractivity contribution in [1.29, 1.82) is 0 Å². The largest absolute Gasteiger partial charge is 0.493 e. The van der Waals surface area contributed by atoms with Crippen molar-refractivity contribution in [3.05, 3.63) is 71.7 Å². The van der Waals surface area contributed by atoms with E-state index in [1.165, 1.54) is 0 Å². The normalized spacial score (nSPS) is 10.9. The summed E-state index contributed by atoms with van der Waals surface area (Å²) in [5, 5.41) is 7.38. The van der Waals surface area contributed by atoms with E-state index in [-0.39, 0.29) is 5.91 Å². The molecule has 0 spiro atoms. The molecule has 6 heteroatoms. The Morgan fingerprint density at radius 1 is 1.17 bits per heavy atom. The first-order chi connectivity index (χ1) is 14.1. The summed E-state index contributed by atoms with van der Waals surface area (Å²) in [7, 11) is 0. The van der Waals surface area contributed by atoms with Gasteiger partial charge in [-0.25, -0.2) is 9.67 Å². The first kappa shape index (κ1) is 20.6. The second-order valence-electron chi connectivity index (χ2n) is 7.28. The van der Waals surface area contributed by atoms with Crippen LogP contribution in [0, 0.1) is 5.92 Å². The summed E-state index contributed by atoms with van der Waals surface area (Å²) in [5.74, 6) is 1.95. The highest BCUT2D eigenvalue weighted by atomic mass is 16.5. The first-order valence-electron chi connectivity index (χ1n) is 10.1. The number of pyridine rings is 1. The molecule has 1 N–H and O–H groups in total. The van der Waals surface area contributed by atoms with Crippen molar-refractivity contribution in [2.75, 3.05) is 6.61 Å². The number of ether oxygens (including phenoxy) is 1. The lowest BCUT2D eigenvalue weighted by Gasteiger charge is -2.13. The van der Waals surface area contributed by atoms with Gasteiger partial charge in [-0.3, -0.25) is 4.79 Å². The van der Waals surface area contributed by atoms with Crippen LogP contribution in [0.25, 0.3) is 5.82 Å². The Kier molecular flexibility index (Phi) is 7.00. The number of hydrogen-bond donors (Lipinski definition) is 1. The molecular formula is C23H28N4O2. The van der Waals surface area contributed by atoms with Crippen LogP contribution >= 0.6 is 0 Å². The van der Waals surface area contributed by atoms with Gasteiger partial charge >= 0.3 is 0 Å². The molecule has 1 aromatic carbocycles. The summed E-state index contributed by atoms with van der Waals surface area (Å²) >= 11 is 0. The fourth-order valence-electron chi connectivity index (χ4n) is 3.05. The maximum Gasteiger partial charge on any atom is 0.255 e. The van der Waals surface area contributed by atoms with E-state index in [1.807, 2.05) is 49.4 Å². The standard InChI is InChI=1S/C23H28N4O2/c1-4-20-19(16-26-27(20)22-11-7-8-13-24-22)23(28)25-15-18-9-5-6-10-21(18)29-14-12-17(2)3/h5-11,13,16-17H,4,12,14-15H2,1-3H3,(H,25,28). The van der Waals surface area contributed by atoms with E-state index < -0.39 is 0 Å². The van der Waals surface area contributed by atoms with E-state index in [0.29, 0.717) is 36.9 Å². The van der Waals surface area contributed by atoms with Crippen molar-refractivity contribution in [1.82, 2.24) is 20.1 Å². The second-order valence-corrected chi connectivity index (χ2v) is 7.28. The number of hydrogen-bond acceptors (Lipinski definition) is 4. The highest BCUT2D eigenvalue weighted by Crippen LogP contribution is 2.19. The van der Waals surface area contributed by atoms with Crippen LogP contribution < -0.4 is 10.1 Å². The average molecular weight is 393 g/mol. The van der Waals surface area contributed by atoms with E-state index in [1.54, 1.807) is 17.1 Å². The number of nitrogens with zero attached hydrogens (tertiary/aromatic N) is 3. The van der Waals surface area contributed by atoms with Gasteiger partial charge in [-0.1, -0.05) is 45.0 Å². The maximum absolute atomic E-state index is 12.8. The molecule has 0 aliphatic rings. The summed E-state index contributed by atoms with van der Waals surface area (Å²) in [6, 6.07) is 13.4. The lowest BCUT2D eigenvalue weighted by atomic mass is 10.1. The zero-order valence-corrected chi connectivity index (χ0v) is 17.3. The minimum Gasteiger partial charge on any atom is -0.493 e. The molecule has 0 aliphatic carbocycles. The van der Waals surface area contributed by atoms with Gasteiger partial charge in [-0.2, -0.15) is 5.10 Å². The SMILES string of the molecule is CCc1c(C(=O)NCc2ccccc2OCCC(C)C)cnn1-c1ccccn1. The van der Waals surface area contributed by atoms with Crippen molar-refractivity contribution in [2.45, 2.75) is 40.2 Å². The molecule has 0 saturated carbocycles. The molecule has 0 fully saturated rings. The zero-order chi connectivity index (χ0) is 20.6. The van der Waals surface area contributed by atoms with Gasteiger partial charge in [0.05, 0.1) is 24.1 Å². The van der Waals surface area contributed by atoms with Gasteiger partial charge in [0, 0.05) is 18.3 Å². The molecule has 3 rings (SSSR count). The van der Waals surface area contributed by atoms with Gasteiger partial charge in [0.1, 0.15) is 5.75 Å². The van der Waals surface area contributed by atoms with Crippen LogP contribution in [0.2, 0.25) is 0 Å². The predicted octanol–water partition coefficient (Wildman–Crippen LogP) is 4.18. The highest BCUT2D eigenvalue weighted by Gasteiger charge is 2.18. The van der Waals surface area contributed by atoms with Crippen LogP contribution in [0.15, 0.2) is 54.9 Å². The lowest BCUT2D eigenvalue weighted by molar-refractivity contribution is 0.0949. The molecule has 0 aliphatic heterocycles. The van der Waals surface area contributed by atoms with Crippen molar-refractivity contribution < 1.29 is 9.53 Å². The molecule has 0 saturated heterocycles. The topological polar surface area (TPSA) is 69.0 Å². The van der Waals surface area contributed by atoms with E-state index in [9.17, 15) is 4.79 Å². The van der Waals surface area contributed by atoms with Crippen LogP contribution in [0.1, 0.15) is 48.8 Å². The fourth-order valence-corrected chi connectivity index (χ4v) is 3.05. The van der Waals surface area contributed by atoms with E-state index in [2.05, 4.69) is 29.2 Å². The number of amides is 1. The Bertz CT molecular complexity index is 935. The van der Waals surface area contributed by atoms with Gasteiger partial charge in [-0.05, 0) is 37.0 Å². The van der Waals surface area contributed by atoms with Crippen molar-refractivity contribution >= 4 is 5.91 Å². The third-order valence-corrected chi connectivity index (χ3v) is 4.68. The zero-order valence-electron chi connectivity index (χ0n) is 17.3. The molecule has 2 aromatic heterocycles. The number of nitrogens with one attached hydrogen (secondary N) is 1. The van der Waals surface area contributed by atoms with Gasteiger partial charge in [0.15, 0.2) is 5.82 Å². The van der Waals surface area contributed by atoms with E-state index in [0.717, 1.165) is 23.4 Å². The Labute approximate surface area is 171 Å². The molecule has 0 bridgehead atoms. The van der Waals surface area contributed by atoms with E-state index >= 15 is 0 Å². The summed E-state index contributed by atoms with van der Waals surface area (Å²) in [5.41, 5.74) is 2.36. The third-order valence-electron chi connectivity index (χ3n) is 4.68. The van der Waals surface area contributed by atoms with Crippen LogP contribution in [0.3, 0.4) is 0 Å². The van der Waals surface area contributed by atoms with Crippen LogP contribution in [0.5, 0.6) is 5.75 Å². The van der Waals surface area contributed by atoms with Gasteiger partial charge in [-0.15, -0.1) is 0 Å². The van der Waals surface area contributed by atoms with Crippen LogP contribution in [-0.4, -0.2) is 27.3 Å². The van der Waals surface area contributed by atoms with Crippen molar-refractivity contribution in [3.63, 3.8) is 0 Å². The van der Waals surface area contributed by atoms with Crippen LogP contribution in [-0.2, 0) is 13.0 Å². The summed E-state index contributed by atoms with van der Waals surface area (Å²) < 4.78 is 7.64. The number of rotatable bonds is 9. The monoisotopic (exact) mass is 392 g/mol. The molecule has 0 radical (unpaired) electrons. The second kappa shape index (κ2) is 9.87. The lowest BCUT2D eigenvalue weighted by Crippen LogP contribution is -2.24. The fraction of sp³-hybridized carbons (Fsp3) is 0.348. The summed E-state index contributed by atoms with van der Waals surface area (Å²) in [6.07, 6.45) is 4.99. The quantitative estimate of drug-likeness (QED) is 0.593. The molecule has 0 atom stereocenters. The van der Waals surface area contributed by atoms with Gasteiger partial charge < -0.3 is 10.1 Å². The summed E-state index contributed by atoms with van der Waals surface area (Å²) in [4.78, 5) is 17.2. The molecule has 152 valence electrons. The Hall–Kier alpha value is -3.15. The number of carbonyl (C=O) groups excluding carboxylic acids is 1. The molecule has 0 unspecified atom stereocenters. The maximum atomic E-state index is 12.8. The number of aromatic nitrogens is 3. The predicted molar refractivity (Wildman–Crippen MR) is 113 cm³/mol. The number of benzene rings is 1. The molecule has 6 nitrogen and oxygen atoms in total. The minimum atomic E-state index is -0.152. The summed E-state index contributed by atoms with van der Waals surface area (Å²) in [6.45, 7) is 7.41. The first-order valence-corrected chi connectivity index (χ1v) is 10.1. The van der Waals surface area contributed by atoms with E-state index in [4.69, 9.17) is 4.74 Å². The third kappa shape index (κ3) is 5.22. The van der Waals surface area contributed by atoms with Gasteiger partial charge in [0.2, 0.25) is 0 Å². The van der Waals surface area contributed by atoms with Gasteiger partial charge in [0.25, 0.3) is 5.91 Å². The Morgan fingerprint density at radius 2 is 1.97 bits per heavy atom. The number of para-hydroxylation sites is 1. The van der Waals surface area contributed by atoms with Crippen molar-refractivity contribution in [2.24, 2.45) is 5.92 Å². The molecule has 3 aromatic rings. The molecule has 1 amide bonds. The highest BCUT2D eigenvalue weighted by molar-refractivity contribution is 5.95. The molecule has 29 heavy (non-hydrogen) atoms. The molecule has 2 heterocycles. The number of carbonyl (C=O) groups is 1. The molecular weight excluding hydrogens is 364 g/mol. The van der Waals surface area contributed by atoms with Crippen LogP contribution in [0.4, 0.5) is 0 Å². The Morgan fingerprint density at radius 3 is 2.69 bits per heavy atom. The Balaban J connectivity index is 1.70. The van der Waals surface area contributed by atoms with Crippen molar-refractivity contribution in [3.8, 4) is 11.6 Å². The average Bonchev–Trinajstić information content (AvgIpc) is 3.17.